The highest BCUT2D eigenvalue weighted by molar-refractivity contribution is 6.09. The first-order valence-electron chi connectivity index (χ1n) is 20.7. The first kappa shape index (κ1) is 39.6. The number of H-pyrrole nitrogens is 2. The Kier molecular flexibility index (Phi) is 10.6. The van der Waals surface area contributed by atoms with E-state index in [-0.39, 0.29) is 29.8 Å². The van der Waals surface area contributed by atoms with Gasteiger partial charge in [-0.2, -0.15) is 0 Å². The normalized spacial score (nSPS) is 18.0. The molecule has 4 aromatic carbocycles. The number of alkyl carbamates (subject to hydrolysis) is 2. The summed E-state index contributed by atoms with van der Waals surface area (Å²) in [5, 5.41) is 7.32. The van der Waals surface area contributed by atoms with Gasteiger partial charge in [0.2, 0.25) is 5.91 Å². The summed E-state index contributed by atoms with van der Waals surface area (Å²) in [7, 11) is 2.57. The molecule has 2 aromatic heterocycles. The maximum absolute atomic E-state index is 14.1. The minimum absolute atomic E-state index is 0.120. The van der Waals surface area contributed by atoms with Gasteiger partial charge in [0.1, 0.15) is 36.1 Å². The molecule has 61 heavy (non-hydrogen) atoms. The Morgan fingerprint density at radius 3 is 2.21 bits per heavy atom. The van der Waals surface area contributed by atoms with Gasteiger partial charge in [0, 0.05) is 29.4 Å². The number of nitrogens with one attached hydrogen (secondary N) is 4. The minimum Gasteiger partial charge on any atom is -0.488 e. The summed E-state index contributed by atoms with van der Waals surface area (Å²) >= 11 is 0. The second-order valence-electron chi connectivity index (χ2n) is 16.2. The van der Waals surface area contributed by atoms with Crippen LogP contribution in [-0.4, -0.2) is 87.1 Å². The average Bonchev–Trinajstić information content (AvgIpc) is 4.13. The molecule has 0 radical (unpaired) electrons. The lowest BCUT2D eigenvalue weighted by Gasteiger charge is -2.30. The van der Waals surface area contributed by atoms with Crippen molar-refractivity contribution in [1.29, 1.82) is 0 Å². The van der Waals surface area contributed by atoms with Crippen LogP contribution in [0.5, 0.6) is 5.75 Å². The fraction of sp³-hybridized carbons (Fsp3) is 0.348. The molecule has 9 rings (SSSR count). The molecule has 0 saturated carbocycles. The topological polar surface area (TPSA) is 184 Å². The Hall–Kier alpha value is -6.90. The van der Waals surface area contributed by atoms with Gasteiger partial charge in [0.05, 0.1) is 49.2 Å². The molecule has 4 atom stereocenters. The van der Waals surface area contributed by atoms with E-state index in [4.69, 9.17) is 24.2 Å². The molecule has 3 aliphatic rings. The molecule has 5 heterocycles. The molecule has 6 aromatic rings. The first-order chi connectivity index (χ1) is 29.6. The molecule has 2 saturated heterocycles. The van der Waals surface area contributed by atoms with E-state index < -0.39 is 24.3 Å². The molecule has 15 heteroatoms. The van der Waals surface area contributed by atoms with Gasteiger partial charge >= 0.3 is 12.2 Å². The number of aromatic amines is 2. The third-order valence-corrected chi connectivity index (χ3v) is 12.2. The van der Waals surface area contributed by atoms with E-state index >= 15 is 0 Å². The molecule has 2 fully saturated rings. The minimum atomic E-state index is -0.902. The lowest BCUT2D eigenvalue weighted by molar-refractivity contribution is -0.135. The second-order valence-corrected chi connectivity index (χ2v) is 16.2. The van der Waals surface area contributed by atoms with Crippen LogP contribution in [0.1, 0.15) is 80.4 Å². The maximum Gasteiger partial charge on any atom is 0.407 e. The second kappa shape index (κ2) is 16.3. The number of methoxy groups -OCH3 is 2. The van der Waals surface area contributed by atoms with E-state index in [9.17, 15) is 19.2 Å². The van der Waals surface area contributed by atoms with Crippen LogP contribution >= 0.6 is 0 Å². The van der Waals surface area contributed by atoms with Crippen molar-refractivity contribution in [1.82, 2.24) is 40.4 Å². The molecule has 3 aliphatic heterocycles. The van der Waals surface area contributed by atoms with Crippen molar-refractivity contribution in [2.24, 2.45) is 5.92 Å². The zero-order chi connectivity index (χ0) is 42.4. The number of aromatic nitrogens is 4. The summed E-state index contributed by atoms with van der Waals surface area (Å²) in [5.74, 6) is 1.70. The first-order valence-corrected chi connectivity index (χ1v) is 20.7. The van der Waals surface area contributed by atoms with E-state index in [0.29, 0.717) is 36.9 Å². The van der Waals surface area contributed by atoms with Crippen LogP contribution in [0, 0.1) is 5.92 Å². The van der Waals surface area contributed by atoms with Crippen LogP contribution in [-0.2, 0) is 25.7 Å². The monoisotopic (exact) mass is 824 g/mol. The zero-order valence-electron chi connectivity index (χ0n) is 34.5. The van der Waals surface area contributed by atoms with Crippen molar-refractivity contribution in [2.75, 3.05) is 27.3 Å². The summed E-state index contributed by atoms with van der Waals surface area (Å²) in [6.07, 6.45) is 3.63. The number of hydrogen-bond donors (Lipinski definition) is 4. The summed E-state index contributed by atoms with van der Waals surface area (Å²) in [5.41, 5.74) is 7.22. The number of fused-ring (bicyclic) bond motifs is 7. The molecule has 4 N–H and O–H groups in total. The lowest BCUT2D eigenvalue weighted by Crippen LogP contribution is -2.51. The number of imidazole rings is 2. The number of carbonyl (C=O) groups excluding carboxylic acids is 4. The van der Waals surface area contributed by atoms with Gasteiger partial charge in [-0.3, -0.25) is 9.59 Å². The van der Waals surface area contributed by atoms with Gasteiger partial charge in [-0.25, -0.2) is 19.6 Å². The van der Waals surface area contributed by atoms with Gasteiger partial charge in [0.15, 0.2) is 0 Å². The van der Waals surface area contributed by atoms with Gasteiger partial charge in [0.25, 0.3) is 5.91 Å². The summed E-state index contributed by atoms with van der Waals surface area (Å²) in [6.45, 7) is 5.29. The SMILES string of the molecule is COC(=O)NC(C(=O)N1CCCC1c1ncc(-c2ccc3c(c2)COc2c-3ccc3c2ccc2[nH]c([C@@H]4CCCN4C(=O)[C@H](NC(=O)OC)c4ccccc4)nc23)[nH]1)C(C)C. The van der Waals surface area contributed by atoms with Crippen molar-refractivity contribution in [3.63, 3.8) is 0 Å². The quantitative estimate of drug-likeness (QED) is 0.115. The highest BCUT2D eigenvalue weighted by Crippen LogP contribution is 2.45. The molecule has 4 amide bonds. The number of benzene rings is 4. The van der Waals surface area contributed by atoms with Crippen molar-refractivity contribution in [2.45, 2.75) is 70.3 Å². The highest BCUT2D eigenvalue weighted by Gasteiger charge is 2.39. The largest absolute Gasteiger partial charge is 0.488 e. The maximum atomic E-state index is 14.1. The number of hydrogen-bond acceptors (Lipinski definition) is 9. The van der Waals surface area contributed by atoms with E-state index in [1.807, 2.05) is 55.1 Å². The molecule has 314 valence electrons. The van der Waals surface area contributed by atoms with E-state index in [2.05, 4.69) is 57.0 Å². The van der Waals surface area contributed by atoms with Crippen molar-refractivity contribution in [3.05, 3.63) is 102 Å². The Morgan fingerprint density at radius 2 is 1.48 bits per heavy atom. The number of nitrogens with zero attached hydrogens (tertiary/aromatic N) is 4. The Balaban J connectivity index is 0.959. The van der Waals surface area contributed by atoms with Crippen LogP contribution in [0.15, 0.2) is 79.0 Å². The fourth-order valence-electron chi connectivity index (χ4n) is 9.12. The third-order valence-electron chi connectivity index (χ3n) is 12.2. The van der Waals surface area contributed by atoms with Crippen molar-refractivity contribution >= 4 is 45.8 Å². The molecule has 0 bridgehead atoms. The number of likely N-dealkylation sites (tertiary alicyclic amines) is 2. The van der Waals surface area contributed by atoms with Crippen LogP contribution in [0.2, 0.25) is 0 Å². The Bertz CT molecular complexity index is 2660. The van der Waals surface area contributed by atoms with Gasteiger partial charge in [-0.1, -0.05) is 62.4 Å². The number of carbonyl (C=O) groups is 4. The molecule has 15 nitrogen and oxygen atoms in total. The van der Waals surface area contributed by atoms with Gasteiger partial charge in [-0.15, -0.1) is 0 Å². The highest BCUT2D eigenvalue weighted by atomic mass is 16.5. The van der Waals surface area contributed by atoms with E-state index in [1.54, 1.807) is 11.1 Å². The Morgan fingerprint density at radius 1 is 0.787 bits per heavy atom. The predicted octanol–water partition coefficient (Wildman–Crippen LogP) is 7.47. The van der Waals surface area contributed by atoms with Crippen molar-refractivity contribution in [3.8, 4) is 28.1 Å². The number of ether oxygens (including phenoxy) is 3. The molecule has 0 aliphatic carbocycles. The third kappa shape index (κ3) is 7.27. The van der Waals surface area contributed by atoms with Crippen molar-refractivity contribution < 1.29 is 33.4 Å². The van der Waals surface area contributed by atoms with Gasteiger partial charge < -0.3 is 44.6 Å². The standard InChI is InChI=1S/C46H48N8O7/c1-25(2)37(51-45(57)59-3)43(55)53-20-8-12-35(53)41-47-23-34(49-41)27-14-15-29-28(22-27)24-61-40-31(29)17-16-30-32(40)18-19-33-39(30)50-42(48-33)36-13-9-21-54(36)44(56)38(52-46(58)60-4)26-10-6-5-7-11-26/h5-7,10-11,14-19,22-23,25,35-38H,8-9,12-13,20-21,24H2,1-4H3,(H,47,49)(H,48,50)(H,51,57)(H,52,58)/t35?,36-,37?,38+/m0/s1. The summed E-state index contributed by atoms with van der Waals surface area (Å²) in [4.78, 5) is 72.5. The van der Waals surface area contributed by atoms with Crippen LogP contribution in [0.3, 0.4) is 0 Å². The number of rotatable bonds is 9. The van der Waals surface area contributed by atoms with E-state index in [0.717, 1.165) is 81.2 Å². The zero-order valence-corrected chi connectivity index (χ0v) is 34.5. The van der Waals surface area contributed by atoms with Gasteiger partial charge in [-0.05, 0) is 78.1 Å². The molecule has 2 unspecified atom stereocenters. The molecular formula is C46H48N8O7. The lowest BCUT2D eigenvalue weighted by atomic mass is 9.92. The van der Waals surface area contributed by atoms with Crippen LogP contribution in [0.4, 0.5) is 9.59 Å². The summed E-state index contributed by atoms with van der Waals surface area (Å²) < 4.78 is 16.2. The van der Waals surface area contributed by atoms with Crippen LogP contribution < -0.4 is 15.4 Å². The number of amides is 4. The average molecular weight is 825 g/mol. The smallest absolute Gasteiger partial charge is 0.407 e. The summed E-state index contributed by atoms with van der Waals surface area (Å²) in [6, 6.07) is 21.6. The fourth-order valence-corrected chi connectivity index (χ4v) is 9.12. The Labute approximate surface area is 352 Å². The van der Waals surface area contributed by atoms with Crippen LogP contribution in [0.25, 0.3) is 44.2 Å². The predicted molar refractivity (Wildman–Crippen MR) is 227 cm³/mol. The molecule has 0 spiro atoms. The van der Waals surface area contributed by atoms with E-state index in [1.165, 1.54) is 14.2 Å². The molecular weight excluding hydrogens is 777 g/mol.